The first-order chi connectivity index (χ1) is 4.66. The first-order valence-corrected chi connectivity index (χ1v) is 3.40. The molecule has 6 heteroatoms. The molecule has 0 spiro atoms. The normalized spacial score (nSPS) is 11.8. The summed E-state index contributed by atoms with van der Waals surface area (Å²) >= 11 is 0. The monoisotopic (exact) mass is 220 g/mol. The lowest BCUT2D eigenvalue weighted by Gasteiger charge is -2.12. The van der Waals surface area contributed by atoms with Crippen LogP contribution in [0.1, 0.15) is 13.8 Å². The Kier molecular flexibility index (Phi) is 17.4. The van der Waals surface area contributed by atoms with Gasteiger partial charge in [-0.15, -0.1) is 24.8 Å². The van der Waals surface area contributed by atoms with Crippen LogP contribution in [-0.4, -0.2) is 30.4 Å². The van der Waals surface area contributed by atoms with Gasteiger partial charge in [-0.1, -0.05) is 13.8 Å². The summed E-state index contributed by atoms with van der Waals surface area (Å²) in [5, 5.41) is 12.1. The Morgan fingerprint density at radius 3 is 2.25 bits per heavy atom. The molecule has 78 valence electrons. The second kappa shape index (κ2) is 11.4. The lowest BCUT2D eigenvalue weighted by Crippen LogP contribution is -2.35. The first-order valence-electron chi connectivity index (χ1n) is 3.40. The molecule has 4 N–H and O–H groups in total. The van der Waals surface area contributed by atoms with Gasteiger partial charge in [-0.25, -0.2) is 5.90 Å². The summed E-state index contributed by atoms with van der Waals surface area (Å²) in [5.74, 6) is 4.75. The van der Waals surface area contributed by atoms with Crippen LogP contribution in [0.3, 0.4) is 0 Å². The topological polar surface area (TPSA) is 67.5 Å². The minimum Gasteiger partial charge on any atom is -0.389 e. The molecule has 0 rings (SSSR count). The Labute approximate surface area is 85.6 Å². The van der Waals surface area contributed by atoms with Gasteiger partial charge >= 0.3 is 0 Å². The average Bonchev–Trinajstić information content (AvgIpc) is 1.85. The van der Waals surface area contributed by atoms with Crippen molar-refractivity contribution >= 4 is 24.8 Å². The van der Waals surface area contributed by atoms with Gasteiger partial charge in [0.15, 0.2) is 0 Å². The summed E-state index contributed by atoms with van der Waals surface area (Å²) in [7, 11) is 0. The van der Waals surface area contributed by atoms with Gasteiger partial charge in [0.1, 0.15) is 0 Å². The molecule has 0 bridgehead atoms. The molecule has 0 aromatic rings. The fraction of sp³-hybridized carbons (Fsp3) is 1.00. The van der Waals surface area contributed by atoms with Crippen LogP contribution in [0.25, 0.3) is 0 Å². The van der Waals surface area contributed by atoms with E-state index in [0.717, 1.165) is 0 Å². The van der Waals surface area contributed by atoms with E-state index in [2.05, 4.69) is 10.2 Å². The molecule has 0 fully saturated rings. The number of nitrogens with one attached hydrogen (secondary N) is 1. The third-order valence-electron chi connectivity index (χ3n) is 1.05. The summed E-state index contributed by atoms with van der Waals surface area (Å²) in [6.45, 7) is 4.72. The van der Waals surface area contributed by atoms with E-state index in [0.29, 0.717) is 12.6 Å². The Morgan fingerprint density at radius 2 is 1.92 bits per heavy atom. The fourth-order valence-corrected chi connectivity index (χ4v) is 0.542. The van der Waals surface area contributed by atoms with Crippen LogP contribution in [0.15, 0.2) is 0 Å². The van der Waals surface area contributed by atoms with Crippen molar-refractivity contribution in [2.24, 2.45) is 5.90 Å². The SMILES string of the molecule is CC(C)NCC(O)CON.Cl.Cl. The molecule has 0 saturated heterocycles. The van der Waals surface area contributed by atoms with Gasteiger partial charge in [-0.05, 0) is 0 Å². The van der Waals surface area contributed by atoms with Crippen molar-refractivity contribution in [3.63, 3.8) is 0 Å². The van der Waals surface area contributed by atoms with Crippen molar-refractivity contribution in [1.82, 2.24) is 5.32 Å². The standard InChI is InChI=1S/C6H16N2O2.2ClH/c1-5(2)8-3-6(9)4-10-7;;/h5-6,8-9H,3-4,7H2,1-2H3;2*1H. The van der Waals surface area contributed by atoms with Crippen molar-refractivity contribution in [2.75, 3.05) is 13.2 Å². The number of hydrogen-bond donors (Lipinski definition) is 3. The molecule has 0 saturated carbocycles. The summed E-state index contributed by atoms with van der Waals surface area (Å²) in [5.41, 5.74) is 0. The molecule has 0 aliphatic rings. The highest BCUT2D eigenvalue weighted by molar-refractivity contribution is 5.85. The zero-order valence-corrected chi connectivity index (χ0v) is 8.95. The maximum Gasteiger partial charge on any atom is 0.0951 e. The molecule has 4 nitrogen and oxygen atoms in total. The largest absolute Gasteiger partial charge is 0.389 e. The Bertz CT molecular complexity index is 85.9. The van der Waals surface area contributed by atoms with Crippen LogP contribution in [0.5, 0.6) is 0 Å². The number of halogens is 2. The van der Waals surface area contributed by atoms with Gasteiger partial charge in [-0.2, -0.15) is 0 Å². The average molecular weight is 221 g/mol. The molecule has 1 unspecified atom stereocenters. The van der Waals surface area contributed by atoms with E-state index in [1.807, 2.05) is 13.8 Å². The van der Waals surface area contributed by atoms with E-state index in [1.54, 1.807) is 0 Å². The summed E-state index contributed by atoms with van der Waals surface area (Å²) in [6.07, 6.45) is -0.507. The van der Waals surface area contributed by atoms with Gasteiger partial charge in [0.2, 0.25) is 0 Å². The predicted molar refractivity (Wildman–Crippen MR) is 53.8 cm³/mol. The maximum atomic E-state index is 9.03. The molecule has 0 aromatic carbocycles. The second-order valence-corrected chi connectivity index (χ2v) is 2.55. The van der Waals surface area contributed by atoms with E-state index in [4.69, 9.17) is 11.0 Å². The smallest absolute Gasteiger partial charge is 0.0951 e. The van der Waals surface area contributed by atoms with E-state index in [1.165, 1.54) is 0 Å². The van der Waals surface area contributed by atoms with Crippen LogP contribution in [-0.2, 0) is 4.84 Å². The summed E-state index contributed by atoms with van der Waals surface area (Å²) in [6, 6.07) is 0.382. The molecule has 0 radical (unpaired) electrons. The highest BCUT2D eigenvalue weighted by atomic mass is 35.5. The minimum atomic E-state index is -0.507. The fourth-order valence-electron chi connectivity index (χ4n) is 0.542. The second-order valence-electron chi connectivity index (χ2n) is 2.55. The van der Waals surface area contributed by atoms with Gasteiger partial charge in [0.25, 0.3) is 0 Å². The minimum absolute atomic E-state index is 0. The highest BCUT2D eigenvalue weighted by Crippen LogP contribution is 1.82. The van der Waals surface area contributed by atoms with Crippen molar-refractivity contribution in [3.05, 3.63) is 0 Å². The third kappa shape index (κ3) is 13.0. The van der Waals surface area contributed by atoms with Crippen molar-refractivity contribution < 1.29 is 9.94 Å². The van der Waals surface area contributed by atoms with E-state index in [9.17, 15) is 0 Å². The molecule has 0 aromatic heterocycles. The number of hydrogen-bond acceptors (Lipinski definition) is 4. The first kappa shape index (κ1) is 18.3. The number of rotatable bonds is 5. The molecular weight excluding hydrogens is 203 g/mol. The van der Waals surface area contributed by atoms with Crippen molar-refractivity contribution in [1.29, 1.82) is 0 Å². The van der Waals surface area contributed by atoms with Gasteiger partial charge in [0.05, 0.1) is 12.7 Å². The summed E-state index contributed by atoms with van der Waals surface area (Å²) < 4.78 is 0. The van der Waals surface area contributed by atoms with Gasteiger partial charge in [-0.3, -0.25) is 0 Å². The molecule has 0 amide bonds. The maximum absolute atomic E-state index is 9.03. The number of aliphatic hydroxyl groups is 1. The van der Waals surface area contributed by atoms with E-state index in [-0.39, 0.29) is 31.4 Å². The van der Waals surface area contributed by atoms with Crippen LogP contribution in [0, 0.1) is 0 Å². The molecule has 12 heavy (non-hydrogen) atoms. The zero-order chi connectivity index (χ0) is 7.98. The van der Waals surface area contributed by atoms with Crippen LogP contribution in [0.4, 0.5) is 0 Å². The lowest BCUT2D eigenvalue weighted by molar-refractivity contribution is 0.0360. The molecule has 1 atom stereocenters. The Morgan fingerprint density at radius 1 is 1.42 bits per heavy atom. The predicted octanol–water partition coefficient (Wildman–Crippen LogP) is 0.0792. The van der Waals surface area contributed by atoms with Crippen molar-refractivity contribution in [2.45, 2.75) is 26.0 Å². The molecule has 0 aliphatic carbocycles. The molecule has 0 heterocycles. The molecule has 0 aliphatic heterocycles. The van der Waals surface area contributed by atoms with Gasteiger partial charge in [0, 0.05) is 12.6 Å². The van der Waals surface area contributed by atoms with Gasteiger partial charge < -0.3 is 15.3 Å². The number of aliphatic hydroxyl groups excluding tert-OH is 1. The van der Waals surface area contributed by atoms with Crippen molar-refractivity contribution in [3.8, 4) is 0 Å². The van der Waals surface area contributed by atoms with E-state index >= 15 is 0 Å². The highest BCUT2D eigenvalue weighted by Gasteiger charge is 2.02. The Hall–Kier alpha value is 0.420. The molecular formula is C6H18Cl2N2O2. The quantitative estimate of drug-likeness (QED) is 0.575. The lowest BCUT2D eigenvalue weighted by atomic mass is 10.3. The zero-order valence-electron chi connectivity index (χ0n) is 7.32. The Balaban J connectivity index is -0.000000405. The number of nitrogens with two attached hydrogens (primary N) is 1. The summed E-state index contributed by atoms with van der Waals surface area (Å²) in [4.78, 5) is 4.25. The van der Waals surface area contributed by atoms with E-state index < -0.39 is 6.10 Å². The van der Waals surface area contributed by atoms with Crippen LogP contribution >= 0.6 is 24.8 Å². The van der Waals surface area contributed by atoms with Crippen LogP contribution in [0.2, 0.25) is 0 Å². The van der Waals surface area contributed by atoms with Crippen LogP contribution < -0.4 is 11.2 Å². The third-order valence-corrected chi connectivity index (χ3v) is 1.05.